The summed E-state index contributed by atoms with van der Waals surface area (Å²) in [7, 11) is 1.64. The lowest BCUT2D eigenvalue weighted by Crippen LogP contribution is -2.23. The smallest absolute Gasteiger partial charge is 0.220 e. The summed E-state index contributed by atoms with van der Waals surface area (Å²) < 4.78 is 22.0. The zero-order valence-electron chi connectivity index (χ0n) is 18.5. The summed E-state index contributed by atoms with van der Waals surface area (Å²) in [6.07, 6.45) is 6.11. The minimum Gasteiger partial charge on any atom is -0.381 e. The van der Waals surface area contributed by atoms with E-state index in [-0.39, 0.29) is 11.8 Å². The lowest BCUT2D eigenvalue weighted by atomic mass is 10.3. The van der Waals surface area contributed by atoms with Crippen LogP contribution in [0.2, 0.25) is 0 Å². The van der Waals surface area contributed by atoms with Gasteiger partial charge in [0.15, 0.2) is 0 Å². The second-order valence-corrected chi connectivity index (χ2v) is 6.74. The highest BCUT2D eigenvalue weighted by atomic mass is 16.5. The molecule has 0 aliphatic heterocycles. The average Bonchev–Trinajstić information content (AvgIpc) is 2.73. The van der Waals surface area contributed by atoms with Crippen LogP contribution in [-0.2, 0) is 28.5 Å². The van der Waals surface area contributed by atoms with Crippen molar-refractivity contribution in [3.8, 4) is 0 Å². The molecule has 2 amide bonds. The van der Waals surface area contributed by atoms with Crippen molar-refractivity contribution in [2.24, 2.45) is 0 Å². The Morgan fingerprint density at radius 1 is 0.621 bits per heavy atom. The first kappa shape index (κ1) is 27.8. The first-order valence-electron chi connectivity index (χ1n) is 11.0. The van der Waals surface area contributed by atoms with Gasteiger partial charge in [-0.15, -0.1) is 0 Å². The zero-order chi connectivity index (χ0) is 21.4. The summed E-state index contributed by atoms with van der Waals surface area (Å²) in [6.45, 7) is 8.07. The van der Waals surface area contributed by atoms with E-state index in [9.17, 15) is 9.59 Å². The molecular formula is C21H42N2O6. The largest absolute Gasteiger partial charge is 0.381 e. The minimum absolute atomic E-state index is 0.0512. The van der Waals surface area contributed by atoms with Crippen LogP contribution < -0.4 is 10.6 Å². The number of nitrogens with one attached hydrogen (secondary N) is 2. The SMILES string of the molecule is CCCNC(=O)CCCOCCCOCCCOCCCOCCCC(=O)NC. The van der Waals surface area contributed by atoms with E-state index in [1.807, 2.05) is 6.92 Å². The molecule has 0 aliphatic carbocycles. The molecular weight excluding hydrogens is 376 g/mol. The topological polar surface area (TPSA) is 95.1 Å². The third kappa shape index (κ3) is 22.9. The molecule has 8 nitrogen and oxygen atoms in total. The molecule has 0 heterocycles. The van der Waals surface area contributed by atoms with Crippen LogP contribution in [0.5, 0.6) is 0 Å². The molecule has 0 saturated heterocycles. The van der Waals surface area contributed by atoms with Gasteiger partial charge in [0, 0.05) is 79.3 Å². The van der Waals surface area contributed by atoms with Crippen LogP contribution in [0.4, 0.5) is 0 Å². The van der Waals surface area contributed by atoms with Gasteiger partial charge >= 0.3 is 0 Å². The van der Waals surface area contributed by atoms with Gasteiger partial charge in [-0.2, -0.15) is 0 Å². The Kier molecular flexibility index (Phi) is 22.1. The third-order valence-corrected chi connectivity index (χ3v) is 3.97. The third-order valence-electron chi connectivity index (χ3n) is 3.97. The Balaban J connectivity index is 3.08. The molecule has 0 fully saturated rings. The van der Waals surface area contributed by atoms with Crippen molar-refractivity contribution in [2.75, 3.05) is 66.4 Å². The van der Waals surface area contributed by atoms with Crippen molar-refractivity contribution in [3.05, 3.63) is 0 Å². The first-order valence-corrected chi connectivity index (χ1v) is 11.0. The van der Waals surface area contributed by atoms with E-state index in [1.165, 1.54) is 0 Å². The van der Waals surface area contributed by atoms with Gasteiger partial charge in [-0.3, -0.25) is 9.59 Å². The predicted octanol–water partition coefficient (Wildman–Crippen LogP) is 2.06. The highest BCUT2D eigenvalue weighted by Gasteiger charge is 2.00. The molecule has 2 N–H and O–H groups in total. The van der Waals surface area contributed by atoms with Gasteiger partial charge in [0.05, 0.1) is 0 Å². The fourth-order valence-corrected chi connectivity index (χ4v) is 2.34. The van der Waals surface area contributed by atoms with Crippen LogP contribution in [-0.4, -0.2) is 78.3 Å². The molecule has 0 aromatic rings. The monoisotopic (exact) mass is 418 g/mol. The molecule has 0 atom stereocenters. The molecule has 29 heavy (non-hydrogen) atoms. The summed E-state index contributed by atoms with van der Waals surface area (Å²) in [6, 6.07) is 0. The summed E-state index contributed by atoms with van der Waals surface area (Å²) in [5, 5.41) is 5.44. The number of rotatable bonds is 22. The Hall–Kier alpha value is -1.22. The van der Waals surface area contributed by atoms with Crippen LogP contribution in [0, 0.1) is 0 Å². The van der Waals surface area contributed by atoms with Crippen LogP contribution in [0.15, 0.2) is 0 Å². The van der Waals surface area contributed by atoms with Crippen molar-refractivity contribution in [1.29, 1.82) is 0 Å². The lowest BCUT2D eigenvalue weighted by molar-refractivity contribution is -0.122. The molecule has 0 spiro atoms. The van der Waals surface area contributed by atoms with Crippen LogP contribution in [0.1, 0.15) is 58.3 Å². The van der Waals surface area contributed by atoms with Crippen LogP contribution in [0.3, 0.4) is 0 Å². The van der Waals surface area contributed by atoms with Gasteiger partial charge < -0.3 is 29.6 Å². The summed E-state index contributed by atoms with van der Waals surface area (Å²) in [4.78, 5) is 22.4. The fraction of sp³-hybridized carbons (Fsp3) is 0.905. The summed E-state index contributed by atoms with van der Waals surface area (Å²) in [5.41, 5.74) is 0. The normalized spacial score (nSPS) is 10.8. The van der Waals surface area contributed by atoms with E-state index in [1.54, 1.807) is 7.05 Å². The maximum Gasteiger partial charge on any atom is 0.220 e. The predicted molar refractivity (Wildman–Crippen MR) is 113 cm³/mol. The number of hydrogen-bond donors (Lipinski definition) is 2. The average molecular weight is 419 g/mol. The lowest BCUT2D eigenvalue weighted by Gasteiger charge is -2.07. The molecule has 0 unspecified atom stereocenters. The Labute approximate surface area is 176 Å². The number of amides is 2. The standard InChI is InChI=1S/C21H42N2O6/c1-3-11-23-21(25)10-5-13-27-15-7-17-29-19-8-18-28-16-6-14-26-12-4-9-20(24)22-2/h3-19H2,1-2H3,(H,22,24)(H,23,25). The Bertz CT molecular complexity index is 382. The number of ether oxygens (including phenoxy) is 4. The van der Waals surface area contributed by atoms with E-state index in [4.69, 9.17) is 18.9 Å². The van der Waals surface area contributed by atoms with E-state index < -0.39 is 0 Å². The summed E-state index contributed by atoms with van der Waals surface area (Å²) in [5.74, 6) is 0.154. The Morgan fingerprint density at radius 2 is 1.00 bits per heavy atom. The van der Waals surface area contributed by atoms with Crippen molar-refractivity contribution in [2.45, 2.75) is 58.3 Å². The van der Waals surface area contributed by atoms with Crippen molar-refractivity contribution >= 4 is 11.8 Å². The highest BCUT2D eigenvalue weighted by Crippen LogP contribution is 1.95. The minimum atomic E-state index is 0.0512. The zero-order valence-corrected chi connectivity index (χ0v) is 18.5. The molecule has 0 bridgehead atoms. The van der Waals surface area contributed by atoms with Gasteiger partial charge in [0.2, 0.25) is 11.8 Å². The first-order chi connectivity index (χ1) is 14.2. The van der Waals surface area contributed by atoms with Crippen molar-refractivity contribution in [1.82, 2.24) is 10.6 Å². The molecule has 0 aromatic carbocycles. The van der Waals surface area contributed by atoms with E-state index >= 15 is 0 Å². The maximum absolute atomic E-state index is 11.4. The molecule has 0 radical (unpaired) electrons. The Morgan fingerprint density at radius 3 is 1.38 bits per heavy atom. The summed E-state index contributed by atoms with van der Waals surface area (Å²) >= 11 is 0. The second kappa shape index (κ2) is 23.1. The highest BCUT2D eigenvalue weighted by molar-refractivity contribution is 5.75. The molecule has 0 rings (SSSR count). The van der Waals surface area contributed by atoms with Crippen LogP contribution >= 0.6 is 0 Å². The van der Waals surface area contributed by atoms with E-state index in [0.717, 1.165) is 45.1 Å². The molecule has 8 heteroatoms. The molecule has 0 saturated carbocycles. The number of carbonyl (C=O) groups excluding carboxylic acids is 2. The number of hydrogen-bond acceptors (Lipinski definition) is 6. The van der Waals surface area contributed by atoms with Gasteiger partial charge in [-0.05, 0) is 38.5 Å². The van der Waals surface area contributed by atoms with Gasteiger partial charge in [0.25, 0.3) is 0 Å². The van der Waals surface area contributed by atoms with Crippen molar-refractivity contribution < 1.29 is 28.5 Å². The number of carbonyl (C=O) groups is 2. The van der Waals surface area contributed by atoms with Gasteiger partial charge in [-0.25, -0.2) is 0 Å². The van der Waals surface area contributed by atoms with Crippen LogP contribution in [0.25, 0.3) is 0 Å². The van der Waals surface area contributed by atoms with E-state index in [0.29, 0.717) is 65.7 Å². The molecule has 172 valence electrons. The van der Waals surface area contributed by atoms with Crippen molar-refractivity contribution in [3.63, 3.8) is 0 Å². The quantitative estimate of drug-likeness (QED) is 0.261. The maximum atomic E-state index is 11.4. The van der Waals surface area contributed by atoms with Gasteiger partial charge in [-0.1, -0.05) is 6.92 Å². The molecule has 0 aromatic heterocycles. The second-order valence-electron chi connectivity index (χ2n) is 6.74. The van der Waals surface area contributed by atoms with E-state index in [2.05, 4.69) is 10.6 Å². The molecule has 0 aliphatic rings. The fourth-order valence-electron chi connectivity index (χ4n) is 2.34. The van der Waals surface area contributed by atoms with Gasteiger partial charge in [0.1, 0.15) is 0 Å².